The number of imide groups is 1. The molecule has 13 nitrogen and oxygen atoms in total. The van der Waals surface area contributed by atoms with Gasteiger partial charge in [-0.3, -0.25) is 29.7 Å². The van der Waals surface area contributed by atoms with Crippen molar-refractivity contribution in [1.29, 1.82) is 0 Å². The number of fused-ring (bicyclic) bond motifs is 3. The topological polar surface area (TPSA) is 163 Å². The minimum absolute atomic E-state index is 0.0599. The molecule has 1 unspecified atom stereocenters. The summed E-state index contributed by atoms with van der Waals surface area (Å²) in [7, 11) is 1.97. The molecule has 4 aromatic carbocycles. The molecule has 7 aromatic rings. The van der Waals surface area contributed by atoms with E-state index in [1.54, 1.807) is 0 Å². The number of piperidine rings is 2. The highest BCUT2D eigenvalue weighted by Crippen LogP contribution is 2.45. The second-order valence-electron chi connectivity index (χ2n) is 22.6. The summed E-state index contributed by atoms with van der Waals surface area (Å²) in [6.07, 6.45) is 10.8. The molecule has 3 amide bonds. The quantitative estimate of drug-likeness (QED) is 0.100. The lowest BCUT2D eigenvalue weighted by Crippen LogP contribution is -2.39. The number of amides is 3. The van der Waals surface area contributed by atoms with Crippen LogP contribution in [0.4, 0.5) is 10.9 Å². The van der Waals surface area contributed by atoms with Crippen LogP contribution in [-0.4, -0.2) is 79.6 Å². The first-order chi connectivity index (χ1) is 36.2. The summed E-state index contributed by atoms with van der Waals surface area (Å²) in [6, 6.07) is 28.7. The number of carboxylic acids is 1. The second-order valence-corrected chi connectivity index (χ2v) is 23.6. The number of nitrogens with zero attached hydrogens (tertiary/aromatic N) is 6. The average molecular weight is 1030 g/mol. The summed E-state index contributed by atoms with van der Waals surface area (Å²) < 4.78 is 2.95. The number of para-hydroxylation sites is 2. The molecule has 75 heavy (non-hydrogen) atoms. The van der Waals surface area contributed by atoms with Gasteiger partial charge in [-0.15, -0.1) is 0 Å². The van der Waals surface area contributed by atoms with Crippen LogP contribution in [0.3, 0.4) is 0 Å². The van der Waals surface area contributed by atoms with Crippen LogP contribution in [0.15, 0.2) is 84.9 Å². The molecule has 3 aliphatic heterocycles. The highest BCUT2D eigenvalue weighted by molar-refractivity contribution is 7.22. The van der Waals surface area contributed by atoms with Crippen LogP contribution in [0.5, 0.6) is 0 Å². The zero-order valence-corrected chi connectivity index (χ0v) is 44.7. The number of aromatic carboxylic acids is 1. The number of benzene rings is 4. The normalized spacial score (nSPS) is 19.9. The molecular formula is C61H68N8O5S. The largest absolute Gasteiger partial charge is 0.476 e. The molecule has 1 saturated carbocycles. The summed E-state index contributed by atoms with van der Waals surface area (Å²) >= 11 is 1.45. The third kappa shape index (κ3) is 10.1. The minimum atomic E-state index is -1.05. The monoisotopic (exact) mass is 1020 g/mol. The number of rotatable bonds is 12. The number of hydrogen-bond acceptors (Lipinski definition) is 10. The molecule has 14 heteroatoms. The van der Waals surface area contributed by atoms with Crippen molar-refractivity contribution in [2.75, 3.05) is 36.4 Å². The van der Waals surface area contributed by atoms with E-state index in [1.807, 2.05) is 48.1 Å². The van der Waals surface area contributed by atoms with Gasteiger partial charge < -0.3 is 14.9 Å². The standard InChI is InChI=1S/C61H68N8O5S/c1-36-41(39-23-21-37(22-24-39)12-11-30-68-31-27-40(28-32-68)43-16-10-18-45-54(66-67(5)56(43)45)46-25-26-52(70)64-58(46)72)14-9-15-42(36)53-48(61(2,3)4)34-51(63-55(53)59(73)74)69-33-29-38-13-8-17-44(47(38)35-69)57(71)65-60-62-49-19-6-7-20-50(49)75-60/h6-10,13-20,34,37,39-40,46H,11-12,21-33,35H2,1-5H3,(H,73,74)(H,62,65,71)(H,64,70,72). The number of hydrogen-bond donors (Lipinski definition) is 3. The van der Waals surface area contributed by atoms with Gasteiger partial charge in [-0.1, -0.05) is 92.8 Å². The van der Waals surface area contributed by atoms with Crippen molar-refractivity contribution in [2.45, 2.75) is 128 Å². The van der Waals surface area contributed by atoms with Gasteiger partial charge in [-0.2, -0.15) is 5.10 Å². The smallest absolute Gasteiger partial charge is 0.355 e. The summed E-state index contributed by atoms with van der Waals surface area (Å²) in [5.74, 6) is 0.0398. The van der Waals surface area contributed by atoms with Gasteiger partial charge >= 0.3 is 5.97 Å². The van der Waals surface area contributed by atoms with Gasteiger partial charge in [-0.05, 0) is 177 Å². The molecule has 0 spiro atoms. The van der Waals surface area contributed by atoms with Crippen molar-refractivity contribution >= 4 is 67.1 Å². The second kappa shape index (κ2) is 20.7. The minimum Gasteiger partial charge on any atom is -0.476 e. The van der Waals surface area contributed by atoms with Gasteiger partial charge in [-0.25, -0.2) is 14.8 Å². The molecule has 3 fully saturated rings. The van der Waals surface area contributed by atoms with E-state index in [4.69, 9.17) is 10.1 Å². The predicted molar refractivity (Wildman–Crippen MR) is 297 cm³/mol. The molecule has 11 rings (SSSR count). The number of carbonyl (C=O) groups excluding carboxylic acids is 3. The van der Waals surface area contributed by atoms with E-state index >= 15 is 0 Å². The van der Waals surface area contributed by atoms with E-state index in [9.17, 15) is 24.3 Å². The van der Waals surface area contributed by atoms with E-state index in [0.717, 1.165) is 99.9 Å². The zero-order valence-electron chi connectivity index (χ0n) is 43.9. The number of aryl methyl sites for hydroxylation is 1. The number of anilines is 2. The van der Waals surface area contributed by atoms with Gasteiger partial charge in [0.15, 0.2) is 10.8 Å². The first-order valence-corrected chi connectivity index (χ1v) is 27.9. The fourth-order valence-electron chi connectivity index (χ4n) is 12.9. The number of carbonyl (C=O) groups is 4. The lowest BCUT2D eigenvalue weighted by Gasteiger charge is -2.34. The first-order valence-electron chi connectivity index (χ1n) is 27.1. The van der Waals surface area contributed by atoms with Gasteiger partial charge in [0, 0.05) is 43.1 Å². The molecule has 388 valence electrons. The molecule has 2 saturated heterocycles. The highest BCUT2D eigenvalue weighted by atomic mass is 32.1. The molecule has 4 aliphatic rings. The van der Waals surface area contributed by atoms with Crippen molar-refractivity contribution in [3.8, 4) is 11.1 Å². The van der Waals surface area contributed by atoms with Gasteiger partial charge in [0.1, 0.15) is 5.82 Å². The van der Waals surface area contributed by atoms with E-state index < -0.39 is 17.3 Å². The maximum absolute atomic E-state index is 13.9. The Kier molecular flexibility index (Phi) is 13.9. The van der Waals surface area contributed by atoms with Crippen LogP contribution in [0.25, 0.3) is 32.2 Å². The van der Waals surface area contributed by atoms with Gasteiger partial charge in [0.2, 0.25) is 11.8 Å². The lowest BCUT2D eigenvalue weighted by molar-refractivity contribution is -0.134. The molecular weight excluding hydrogens is 957 g/mol. The van der Waals surface area contributed by atoms with Gasteiger partial charge in [0.25, 0.3) is 5.91 Å². The van der Waals surface area contributed by atoms with Crippen LogP contribution < -0.4 is 15.5 Å². The van der Waals surface area contributed by atoms with Crippen molar-refractivity contribution in [2.24, 2.45) is 13.0 Å². The van der Waals surface area contributed by atoms with Crippen LogP contribution >= 0.6 is 11.3 Å². The molecule has 1 atom stereocenters. The van der Waals surface area contributed by atoms with E-state index in [0.29, 0.717) is 72.2 Å². The SMILES string of the molecule is Cc1c(-c2c(C(C)(C)C)cc(N3CCc4cccc(C(=O)Nc5nc6ccccc6s5)c4C3)nc2C(=O)O)cccc1C1CCC(CCCN2CCC(c3cccc4c(C5CCC(=O)NC5=O)nn(C)c34)CC2)CC1. The summed E-state index contributed by atoms with van der Waals surface area (Å²) in [4.78, 5) is 66.3. The Morgan fingerprint density at radius 1 is 0.840 bits per heavy atom. The fourth-order valence-corrected chi connectivity index (χ4v) is 13.8. The fraction of sp³-hybridized carbons (Fsp3) is 0.426. The van der Waals surface area contributed by atoms with Crippen molar-refractivity contribution in [3.05, 3.63) is 135 Å². The third-order valence-corrected chi connectivity index (χ3v) is 17.9. The number of carboxylic acid groups (broad SMARTS) is 1. The Balaban J connectivity index is 0.731. The predicted octanol–water partition coefficient (Wildman–Crippen LogP) is 11.8. The maximum Gasteiger partial charge on any atom is 0.355 e. The molecule has 3 N–H and O–H groups in total. The highest BCUT2D eigenvalue weighted by Gasteiger charge is 2.35. The lowest BCUT2D eigenvalue weighted by atomic mass is 9.74. The van der Waals surface area contributed by atoms with Crippen molar-refractivity contribution in [1.82, 2.24) is 30.0 Å². The average Bonchev–Trinajstić information content (AvgIpc) is 3.98. The summed E-state index contributed by atoms with van der Waals surface area (Å²) in [6.45, 7) is 12.9. The number of aromatic nitrogens is 4. The van der Waals surface area contributed by atoms with Crippen molar-refractivity contribution in [3.63, 3.8) is 0 Å². The zero-order chi connectivity index (χ0) is 52.1. The van der Waals surface area contributed by atoms with Crippen LogP contribution in [-0.2, 0) is 35.0 Å². The number of likely N-dealkylation sites (tertiary alicyclic amines) is 1. The van der Waals surface area contributed by atoms with Crippen LogP contribution in [0, 0.1) is 12.8 Å². The molecule has 0 radical (unpaired) electrons. The van der Waals surface area contributed by atoms with E-state index in [2.05, 4.69) is 102 Å². The van der Waals surface area contributed by atoms with Crippen molar-refractivity contribution < 1.29 is 24.3 Å². The Bertz CT molecular complexity index is 3320. The first kappa shape index (κ1) is 50.4. The number of thiazole rings is 1. The Morgan fingerprint density at radius 3 is 2.35 bits per heavy atom. The van der Waals surface area contributed by atoms with E-state index in [-0.39, 0.29) is 23.4 Å². The number of nitrogens with one attached hydrogen (secondary N) is 2. The number of pyridine rings is 1. The van der Waals surface area contributed by atoms with Crippen LogP contribution in [0.1, 0.15) is 163 Å². The molecule has 1 aliphatic carbocycles. The van der Waals surface area contributed by atoms with Crippen LogP contribution in [0.2, 0.25) is 0 Å². The molecule has 3 aromatic heterocycles. The molecule has 0 bridgehead atoms. The van der Waals surface area contributed by atoms with Gasteiger partial charge in [0.05, 0.1) is 27.3 Å². The molecule has 6 heterocycles. The Morgan fingerprint density at radius 2 is 1.59 bits per heavy atom. The van der Waals surface area contributed by atoms with E-state index in [1.165, 1.54) is 48.1 Å². The summed E-state index contributed by atoms with van der Waals surface area (Å²) in [5, 5.41) is 23.0. The maximum atomic E-state index is 13.9. The Hall–Kier alpha value is -6.77. The Labute approximate surface area is 443 Å². The summed E-state index contributed by atoms with van der Waals surface area (Å²) in [5.41, 5.74) is 11.3. The third-order valence-electron chi connectivity index (χ3n) is 16.9.